The van der Waals surface area contributed by atoms with Crippen molar-refractivity contribution in [1.82, 2.24) is 14.6 Å². The van der Waals surface area contributed by atoms with Crippen LogP contribution in [-0.4, -0.2) is 33.5 Å². The van der Waals surface area contributed by atoms with E-state index in [2.05, 4.69) is 4.98 Å². The highest BCUT2D eigenvalue weighted by molar-refractivity contribution is 7.92. The van der Waals surface area contributed by atoms with Crippen molar-refractivity contribution >= 4 is 9.84 Å². The fraction of sp³-hybridized carbons (Fsp3) is 0.700. The minimum absolute atomic E-state index is 0.195. The first-order chi connectivity index (χ1) is 8.04. The first-order valence-corrected chi connectivity index (χ1v) is 7.34. The van der Waals surface area contributed by atoms with Crippen LogP contribution in [-0.2, 0) is 29.5 Å². The quantitative estimate of drug-likeness (QED) is 0.855. The molecule has 2 aliphatic rings. The number of aromatic nitrogens is 2. The molecule has 1 saturated carbocycles. The van der Waals surface area contributed by atoms with Crippen LogP contribution in [0.25, 0.3) is 0 Å². The SMILES string of the molecule is CCn1c(S(=O)(=O)C2CC2)nc2c1CN(O)C2. The lowest BCUT2D eigenvalue weighted by molar-refractivity contribution is -0.0988. The van der Waals surface area contributed by atoms with Gasteiger partial charge in [0.2, 0.25) is 15.0 Å². The van der Waals surface area contributed by atoms with Crippen molar-refractivity contribution in [2.45, 2.75) is 49.8 Å². The molecule has 1 aromatic rings. The number of hydrogen-bond acceptors (Lipinski definition) is 5. The van der Waals surface area contributed by atoms with E-state index < -0.39 is 9.84 Å². The molecule has 6 nitrogen and oxygen atoms in total. The molecule has 1 N–H and O–H groups in total. The molecule has 7 heteroatoms. The lowest BCUT2D eigenvalue weighted by atomic mass is 10.4. The van der Waals surface area contributed by atoms with Crippen LogP contribution in [0.1, 0.15) is 31.2 Å². The summed E-state index contributed by atoms with van der Waals surface area (Å²) in [6.45, 7) is 3.14. The summed E-state index contributed by atoms with van der Waals surface area (Å²) in [5.41, 5.74) is 1.52. The van der Waals surface area contributed by atoms with Crippen molar-refractivity contribution in [2.75, 3.05) is 0 Å². The lowest BCUT2D eigenvalue weighted by Crippen LogP contribution is -2.18. The Hall–Kier alpha value is -0.920. The minimum atomic E-state index is -3.25. The zero-order valence-electron chi connectivity index (χ0n) is 9.63. The maximum absolute atomic E-state index is 12.2. The molecule has 94 valence electrons. The number of nitrogens with zero attached hydrogens (tertiary/aromatic N) is 3. The largest absolute Gasteiger partial charge is 0.318 e. The smallest absolute Gasteiger partial charge is 0.228 e. The topological polar surface area (TPSA) is 75.4 Å². The Bertz CT molecular complexity index is 560. The minimum Gasteiger partial charge on any atom is -0.318 e. The maximum atomic E-state index is 12.2. The van der Waals surface area contributed by atoms with E-state index in [-0.39, 0.29) is 10.4 Å². The normalized spacial score (nSPS) is 20.8. The van der Waals surface area contributed by atoms with E-state index in [9.17, 15) is 13.6 Å². The monoisotopic (exact) mass is 257 g/mol. The van der Waals surface area contributed by atoms with E-state index in [1.54, 1.807) is 4.57 Å². The predicted molar refractivity (Wildman–Crippen MR) is 59.1 cm³/mol. The van der Waals surface area contributed by atoms with Gasteiger partial charge in [-0.3, -0.25) is 0 Å². The van der Waals surface area contributed by atoms with Crippen LogP contribution in [0.2, 0.25) is 0 Å². The summed E-state index contributed by atoms with van der Waals surface area (Å²) < 4.78 is 26.1. The zero-order chi connectivity index (χ0) is 12.2. The van der Waals surface area contributed by atoms with E-state index in [1.807, 2.05) is 6.92 Å². The molecular weight excluding hydrogens is 242 g/mol. The van der Waals surface area contributed by atoms with Gasteiger partial charge in [0.1, 0.15) is 0 Å². The Morgan fingerprint density at radius 1 is 1.41 bits per heavy atom. The van der Waals surface area contributed by atoms with E-state index in [1.165, 1.54) is 0 Å². The maximum Gasteiger partial charge on any atom is 0.228 e. The third-order valence-electron chi connectivity index (χ3n) is 3.32. The molecule has 0 aromatic carbocycles. The Kier molecular flexibility index (Phi) is 2.33. The van der Waals surface area contributed by atoms with Crippen LogP contribution in [0.15, 0.2) is 5.16 Å². The summed E-state index contributed by atoms with van der Waals surface area (Å²) in [6, 6.07) is 0. The van der Waals surface area contributed by atoms with Gasteiger partial charge in [-0.25, -0.2) is 13.4 Å². The van der Waals surface area contributed by atoms with Crippen molar-refractivity contribution in [1.29, 1.82) is 0 Å². The summed E-state index contributed by atoms with van der Waals surface area (Å²) in [7, 11) is -3.25. The van der Waals surface area contributed by atoms with Crippen LogP contribution in [0.5, 0.6) is 0 Å². The highest BCUT2D eigenvalue weighted by Gasteiger charge is 2.41. The lowest BCUT2D eigenvalue weighted by Gasteiger charge is -2.10. The van der Waals surface area contributed by atoms with Crippen molar-refractivity contribution < 1.29 is 13.6 Å². The van der Waals surface area contributed by atoms with Gasteiger partial charge in [-0.15, -0.1) is 0 Å². The average Bonchev–Trinajstić information content (AvgIpc) is 2.97. The van der Waals surface area contributed by atoms with Crippen LogP contribution in [0.3, 0.4) is 0 Å². The first-order valence-electron chi connectivity index (χ1n) is 5.80. The van der Waals surface area contributed by atoms with E-state index >= 15 is 0 Å². The molecule has 1 aromatic heterocycles. The standard InChI is InChI=1S/C10H15N3O3S/c1-2-13-9-6-12(14)5-8(9)11-10(13)17(15,16)7-3-4-7/h7,14H,2-6H2,1H3. The highest BCUT2D eigenvalue weighted by atomic mass is 32.2. The van der Waals surface area contributed by atoms with E-state index in [0.717, 1.165) is 23.6 Å². The molecule has 17 heavy (non-hydrogen) atoms. The number of hydrogen-bond donors (Lipinski definition) is 1. The molecule has 2 heterocycles. The summed E-state index contributed by atoms with van der Waals surface area (Å²) in [4.78, 5) is 4.22. The Labute approximate surface area is 99.7 Å². The van der Waals surface area contributed by atoms with Gasteiger partial charge in [-0.1, -0.05) is 0 Å². The van der Waals surface area contributed by atoms with Gasteiger partial charge in [-0.2, -0.15) is 5.06 Å². The number of imidazole rings is 1. The summed E-state index contributed by atoms with van der Waals surface area (Å²) >= 11 is 0. The first kappa shape index (κ1) is 11.2. The van der Waals surface area contributed by atoms with Crippen molar-refractivity contribution in [3.8, 4) is 0 Å². The molecule has 0 spiro atoms. The molecular formula is C10H15N3O3S. The Morgan fingerprint density at radius 2 is 2.12 bits per heavy atom. The van der Waals surface area contributed by atoms with Gasteiger partial charge < -0.3 is 9.77 Å². The molecule has 1 aliphatic heterocycles. The average molecular weight is 257 g/mol. The second-order valence-corrected chi connectivity index (χ2v) is 6.72. The molecule has 3 rings (SSSR count). The Balaban J connectivity index is 2.10. The van der Waals surface area contributed by atoms with Gasteiger partial charge in [0.15, 0.2) is 0 Å². The van der Waals surface area contributed by atoms with Crippen LogP contribution in [0, 0.1) is 0 Å². The summed E-state index contributed by atoms with van der Waals surface area (Å²) in [5, 5.41) is 10.5. The Morgan fingerprint density at radius 3 is 2.71 bits per heavy atom. The van der Waals surface area contributed by atoms with Crippen molar-refractivity contribution in [3.63, 3.8) is 0 Å². The van der Waals surface area contributed by atoms with Gasteiger partial charge >= 0.3 is 0 Å². The van der Waals surface area contributed by atoms with Crippen LogP contribution in [0.4, 0.5) is 0 Å². The van der Waals surface area contributed by atoms with Crippen LogP contribution < -0.4 is 0 Å². The van der Waals surface area contributed by atoms with Gasteiger partial charge in [-0.05, 0) is 19.8 Å². The highest BCUT2D eigenvalue weighted by Crippen LogP contribution is 2.35. The third-order valence-corrected chi connectivity index (χ3v) is 5.49. The summed E-state index contributed by atoms with van der Waals surface area (Å²) in [6.07, 6.45) is 1.49. The second kappa shape index (κ2) is 3.54. The van der Waals surface area contributed by atoms with Crippen LogP contribution >= 0.6 is 0 Å². The fourth-order valence-corrected chi connectivity index (χ4v) is 4.13. The molecule has 0 bridgehead atoms. The van der Waals surface area contributed by atoms with Crippen molar-refractivity contribution in [2.24, 2.45) is 0 Å². The zero-order valence-corrected chi connectivity index (χ0v) is 10.4. The van der Waals surface area contributed by atoms with Gasteiger partial charge in [0.25, 0.3) is 0 Å². The molecule has 0 saturated heterocycles. The second-order valence-electron chi connectivity index (χ2n) is 4.60. The molecule has 0 atom stereocenters. The fourth-order valence-electron chi connectivity index (χ4n) is 2.29. The number of rotatable bonds is 3. The number of fused-ring (bicyclic) bond motifs is 1. The number of sulfone groups is 1. The van der Waals surface area contributed by atoms with Gasteiger partial charge in [0, 0.05) is 6.54 Å². The molecule has 1 aliphatic carbocycles. The molecule has 0 radical (unpaired) electrons. The molecule has 1 fully saturated rings. The van der Waals surface area contributed by atoms with E-state index in [0.29, 0.717) is 25.3 Å². The number of hydroxylamine groups is 2. The van der Waals surface area contributed by atoms with Crippen molar-refractivity contribution in [3.05, 3.63) is 11.4 Å². The summed E-state index contributed by atoms with van der Waals surface area (Å²) in [5.74, 6) is 0. The predicted octanol–water partition coefficient (Wildman–Crippen LogP) is 0.544. The third kappa shape index (κ3) is 1.61. The molecule has 0 unspecified atom stereocenters. The van der Waals surface area contributed by atoms with E-state index in [4.69, 9.17) is 0 Å². The molecule has 0 amide bonds. The van der Waals surface area contributed by atoms with Gasteiger partial charge in [0.05, 0.1) is 29.7 Å².